The summed E-state index contributed by atoms with van der Waals surface area (Å²) in [6.45, 7) is 3.01. The zero-order valence-corrected chi connectivity index (χ0v) is 11.1. The average Bonchev–Trinajstić information content (AvgIpc) is 2.69. The van der Waals surface area contributed by atoms with Crippen LogP contribution in [0.1, 0.15) is 18.9 Å². The molecule has 18 heavy (non-hydrogen) atoms. The van der Waals surface area contributed by atoms with Crippen LogP contribution in [0.4, 0.5) is 10.1 Å². The summed E-state index contributed by atoms with van der Waals surface area (Å²) in [4.78, 5) is 2.10. The van der Waals surface area contributed by atoms with Gasteiger partial charge in [0, 0.05) is 17.8 Å². The van der Waals surface area contributed by atoms with Crippen LogP contribution in [0.3, 0.4) is 0 Å². The van der Waals surface area contributed by atoms with Crippen LogP contribution in [0.25, 0.3) is 0 Å². The summed E-state index contributed by atoms with van der Waals surface area (Å²) in [5, 5.41) is 9.40. The van der Waals surface area contributed by atoms with Gasteiger partial charge in [-0.1, -0.05) is 19.1 Å². The van der Waals surface area contributed by atoms with Crippen LogP contribution in [-0.4, -0.2) is 29.3 Å². The van der Waals surface area contributed by atoms with Crippen molar-refractivity contribution in [2.75, 3.05) is 18.1 Å². The van der Waals surface area contributed by atoms with E-state index in [-0.39, 0.29) is 23.2 Å². The van der Waals surface area contributed by atoms with Gasteiger partial charge >= 0.3 is 0 Å². The smallest absolute Gasteiger partial charge is 0.135 e. The van der Waals surface area contributed by atoms with E-state index in [0.717, 1.165) is 18.7 Å². The van der Waals surface area contributed by atoms with Gasteiger partial charge in [-0.2, -0.15) is 0 Å². The second-order valence-corrected chi connectivity index (χ2v) is 5.18. The number of anilines is 1. The van der Waals surface area contributed by atoms with Gasteiger partial charge in [-0.05, 0) is 30.5 Å². The molecule has 1 saturated heterocycles. The lowest BCUT2D eigenvalue weighted by Gasteiger charge is -2.27. The van der Waals surface area contributed by atoms with Gasteiger partial charge in [-0.15, -0.1) is 0 Å². The van der Waals surface area contributed by atoms with Crippen LogP contribution in [0.15, 0.2) is 18.2 Å². The zero-order valence-electron chi connectivity index (χ0n) is 10.3. The minimum atomic E-state index is -0.406. The van der Waals surface area contributed by atoms with E-state index in [4.69, 9.17) is 18.0 Å². The van der Waals surface area contributed by atoms with Crippen LogP contribution >= 0.6 is 12.2 Å². The van der Waals surface area contributed by atoms with Gasteiger partial charge in [0.15, 0.2) is 0 Å². The van der Waals surface area contributed by atoms with E-state index in [9.17, 15) is 9.50 Å². The molecule has 1 aliphatic heterocycles. The first-order valence-corrected chi connectivity index (χ1v) is 6.42. The second kappa shape index (κ2) is 5.20. The Bertz CT molecular complexity index is 466. The SMILES string of the molecule is CC1CCN(c2ccc(C(N)=S)c(F)c2)C1CO. The van der Waals surface area contributed by atoms with Crippen molar-refractivity contribution in [1.29, 1.82) is 0 Å². The Labute approximate surface area is 111 Å². The molecule has 3 N–H and O–H groups in total. The van der Waals surface area contributed by atoms with Crippen molar-refractivity contribution in [3.8, 4) is 0 Å². The maximum atomic E-state index is 13.8. The molecule has 0 amide bonds. The van der Waals surface area contributed by atoms with E-state index >= 15 is 0 Å². The molecule has 3 nitrogen and oxygen atoms in total. The molecule has 98 valence electrons. The molecule has 0 aromatic heterocycles. The molecule has 0 spiro atoms. The molecule has 0 aliphatic carbocycles. The minimum absolute atomic E-state index is 0.0556. The number of aliphatic hydroxyl groups excluding tert-OH is 1. The molecule has 5 heteroatoms. The summed E-state index contributed by atoms with van der Waals surface area (Å²) in [6.07, 6.45) is 1.00. The highest BCUT2D eigenvalue weighted by Crippen LogP contribution is 2.30. The molecule has 1 fully saturated rings. The number of benzene rings is 1. The van der Waals surface area contributed by atoms with Crippen LogP contribution in [-0.2, 0) is 0 Å². The summed E-state index contributed by atoms with van der Waals surface area (Å²) < 4.78 is 13.8. The van der Waals surface area contributed by atoms with E-state index in [0.29, 0.717) is 5.92 Å². The molecule has 1 aliphatic rings. The fraction of sp³-hybridized carbons (Fsp3) is 0.462. The first kappa shape index (κ1) is 13.2. The van der Waals surface area contributed by atoms with E-state index in [1.165, 1.54) is 6.07 Å². The molecule has 2 rings (SSSR count). The summed E-state index contributed by atoms with van der Waals surface area (Å²) >= 11 is 4.78. The Kier molecular flexibility index (Phi) is 3.82. The Morgan fingerprint density at radius 2 is 2.33 bits per heavy atom. The molecule has 2 unspecified atom stereocenters. The molecular formula is C13H17FN2OS. The topological polar surface area (TPSA) is 49.5 Å². The average molecular weight is 268 g/mol. The van der Waals surface area contributed by atoms with Crippen LogP contribution in [0.5, 0.6) is 0 Å². The Morgan fingerprint density at radius 3 is 2.89 bits per heavy atom. The van der Waals surface area contributed by atoms with Crippen LogP contribution < -0.4 is 10.6 Å². The Hall–Kier alpha value is -1.20. The second-order valence-electron chi connectivity index (χ2n) is 4.74. The predicted octanol–water partition coefficient (Wildman–Crippen LogP) is 1.67. The van der Waals surface area contributed by atoms with Gasteiger partial charge < -0.3 is 15.7 Å². The monoisotopic (exact) mass is 268 g/mol. The van der Waals surface area contributed by atoms with E-state index in [2.05, 4.69) is 6.92 Å². The molecule has 0 radical (unpaired) electrons. The number of hydrogen-bond donors (Lipinski definition) is 2. The molecule has 1 heterocycles. The molecular weight excluding hydrogens is 251 g/mol. The fourth-order valence-corrected chi connectivity index (χ4v) is 2.66. The third-order valence-corrected chi connectivity index (χ3v) is 3.84. The summed E-state index contributed by atoms with van der Waals surface area (Å²) in [6, 6.07) is 4.90. The molecule has 1 aromatic carbocycles. The number of nitrogens with zero attached hydrogens (tertiary/aromatic N) is 1. The highest BCUT2D eigenvalue weighted by atomic mass is 32.1. The van der Waals surface area contributed by atoms with Crippen molar-refractivity contribution in [3.05, 3.63) is 29.6 Å². The van der Waals surface area contributed by atoms with Crippen molar-refractivity contribution in [2.24, 2.45) is 11.7 Å². The van der Waals surface area contributed by atoms with Crippen molar-refractivity contribution < 1.29 is 9.50 Å². The van der Waals surface area contributed by atoms with Crippen molar-refractivity contribution in [2.45, 2.75) is 19.4 Å². The normalized spacial score (nSPS) is 23.4. The van der Waals surface area contributed by atoms with Gasteiger partial charge in [0.05, 0.1) is 12.6 Å². The van der Waals surface area contributed by atoms with Crippen molar-refractivity contribution in [1.82, 2.24) is 0 Å². The number of nitrogens with two attached hydrogens (primary N) is 1. The maximum absolute atomic E-state index is 13.8. The van der Waals surface area contributed by atoms with E-state index < -0.39 is 5.82 Å². The van der Waals surface area contributed by atoms with Gasteiger partial charge in [0.1, 0.15) is 10.8 Å². The number of rotatable bonds is 3. The van der Waals surface area contributed by atoms with Crippen LogP contribution in [0.2, 0.25) is 0 Å². The molecule has 0 saturated carbocycles. The van der Waals surface area contributed by atoms with Crippen molar-refractivity contribution in [3.63, 3.8) is 0 Å². The largest absolute Gasteiger partial charge is 0.394 e. The van der Waals surface area contributed by atoms with Gasteiger partial charge in [-0.3, -0.25) is 0 Å². The lowest BCUT2D eigenvalue weighted by molar-refractivity contribution is 0.244. The lowest BCUT2D eigenvalue weighted by atomic mass is 10.0. The lowest BCUT2D eigenvalue weighted by Crippen LogP contribution is -2.35. The highest BCUT2D eigenvalue weighted by molar-refractivity contribution is 7.80. The third kappa shape index (κ3) is 2.33. The van der Waals surface area contributed by atoms with Crippen LogP contribution in [0, 0.1) is 11.7 Å². The third-order valence-electron chi connectivity index (χ3n) is 3.62. The summed E-state index contributed by atoms with van der Waals surface area (Å²) in [5.74, 6) is 0.00423. The minimum Gasteiger partial charge on any atom is -0.394 e. The Balaban J connectivity index is 2.29. The molecule has 0 bridgehead atoms. The number of aliphatic hydroxyl groups is 1. The van der Waals surface area contributed by atoms with E-state index in [1.807, 2.05) is 4.90 Å². The van der Waals surface area contributed by atoms with Crippen molar-refractivity contribution >= 4 is 22.9 Å². The van der Waals surface area contributed by atoms with E-state index in [1.54, 1.807) is 12.1 Å². The molecule has 2 atom stereocenters. The summed E-state index contributed by atoms with van der Waals surface area (Å²) in [7, 11) is 0. The number of hydrogen-bond acceptors (Lipinski definition) is 3. The predicted molar refractivity (Wildman–Crippen MR) is 74.3 cm³/mol. The van der Waals surface area contributed by atoms with Gasteiger partial charge in [-0.25, -0.2) is 4.39 Å². The fourth-order valence-electron chi connectivity index (χ4n) is 2.49. The maximum Gasteiger partial charge on any atom is 0.135 e. The first-order chi connectivity index (χ1) is 8.54. The van der Waals surface area contributed by atoms with Gasteiger partial charge in [0.2, 0.25) is 0 Å². The zero-order chi connectivity index (χ0) is 13.3. The number of thiocarbonyl (C=S) groups is 1. The Morgan fingerprint density at radius 1 is 1.61 bits per heavy atom. The summed E-state index contributed by atoms with van der Waals surface area (Å²) in [5.41, 5.74) is 6.47. The quantitative estimate of drug-likeness (QED) is 0.819. The standard InChI is InChI=1S/C13H17FN2OS/c1-8-4-5-16(12(8)7-17)9-2-3-10(13(15)18)11(14)6-9/h2-3,6,8,12,17H,4-5,7H2,1H3,(H2,15,18). The highest BCUT2D eigenvalue weighted by Gasteiger charge is 2.30. The first-order valence-electron chi connectivity index (χ1n) is 6.01. The van der Waals surface area contributed by atoms with Gasteiger partial charge in [0.25, 0.3) is 0 Å². The molecule has 1 aromatic rings. The number of halogens is 1.